The van der Waals surface area contributed by atoms with Crippen LogP contribution in [0.4, 0.5) is 29.5 Å². The van der Waals surface area contributed by atoms with E-state index in [1.165, 1.54) is 12.0 Å². The van der Waals surface area contributed by atoms with Gasteiger partial charge in [-0.15, -0.1) is 0 Å². The number of methoxy groups -OCH3 is 1. The van der Waals surface area contributed by atoms with E-state index in [4.69, 9.17) is 14.2 Å². The number of rotatable bonds is 9. The Labute approximate surface area is 225 Å². The molecule has 2 fully saturated rings. The predicted octanol–water partition coefficient (Wildman–Crippen LogP) is 4.09. The molecule has 2 atom stereocenters. The molecule has 3 heterocycles. The van der Waals surface area contributed by atoms with E-state index < -0.39 is 30.7 Å². The first-order chi connectivity index (χ1) is 18.6. The highest BCUT2D eigenvalue weighted by molar-refractivity contribution is 5.90. The minimum absolute atomic E-state index is 0.00703. The Morgan fingerprint density at radius 1 is 1.21 bits per heavy atom. The van der Waals surface area contributed by atoms with Crippen LogP contribution in [0.25, 0.3) is 11.1 Å². The minimum atomic E-state index is -4.24. The van der Waals surface area contributed by atoms with E-state index in [0.717, 1.165) is 16.7 Å². The third kappa shape index (κ3) is 8.20. The Hall–Kier alpha value is -3.09. The maximum Gasteiger partial charge on any atom is 0.389 e. The van der Waals surface area contributed by atoms with Crippen molar-refractivity contribution in [1.82, 2.24) is 9.88 Å². The summed E-state index contributed by atoms with van der Waals surface area (Å²) in [5.41, 5.74) is 3.12. The lowest BCUT2D eigenvalue weighted by molar-refractivity contribution is -0.143. The van der Waals surface area contributed by atoms with E-state index >= 15 is 0 Å². The summed E-state index contributed by atoms with van der Waals surface area (Å²) in [6.07, 6.45) is -5.60. The van der Waals surface area contributed by atoms with E-state index in [1.807, 2.05) is 25.1 Å². The number of pyridine rings is 1. The Balaban J connectivity index is 1.54. The fourth-order valence-electron chi connectivity index (χ4n) is 4.82. The first kappa shape index (κ1) is 28.9. The summed E-state index contributed by atoms with van der Waals surface area (Å²) in [6, 6.07) is 8.77. The Morgan fingerprint density at radius 2 is 1.97 bits per heavy atom. The SMILES string of the molecule is COC[C@@H](O)COc1cc(-c2cc(NC(=O)N3CC[C@H](CC(F)(F)F)C3)ccc2C)cc(N2CCOCC2)n1. The van der Waals surface area contributed by atoms with Crippen LogP contribution in [0.1, 0.15) is 18.4 Å². The molecule has 0 unspecified atom stereocenters. The standard InChI is InChI=1S/C27H35F3N4O5/c1-18-3-4-21(31-26(36)34-6-5-19(15-34)14-27(28,29)30)13-23(18)20-11-24(33-7-9-38-10-8-33)32-25(12-20)39-17-22(35)16-37-2/h3-4,11-13,19,22,35H,5-10,14-17H2,1-2H3,(H,31,36)/t19-,22-/m1/s1. The Kier molecular flexibility index (Phi) is 9.52. The quantitative estimate of drug-likeness (QED) is 0.484. The number of amides is 2. The number of anilines is 2. The second-order valence-corrected chi connectivity index (χ2v) is 9.95. The average molecular weight is 553 g/mol. The van der Waals surface area contributed by atoms with E-state index in [-0.39, 0.29) is 26.3 Å². The van der Waals surface area contributed by atoms with Crippen molar-refractivity contribution >= 4 is 17.5 Å². The number of aryl methyl sites for hydroxylation is 1. The number of carbonyl (C=O) groups excluding carboxylic acids is 1. The molecule has 4 rings (SSSR count). The van der Waals surface area contributed by atoms with Crippen LogP contribution in [0.3, 0.4) is 0 Å². The van der Waals surface area contributed by atoms with Crippen LogP contribution in [-0.4, -0.2) is 93.0 Å². The van der Waals surface area contributed by atoms with Gasteiger partial charge in [-0.2, -0.15) is 18.2 Å². The highest BCUT2D eigenvalue weighted by Crippen LogP contribution is 2.33. The molecule has 0 saturated carbocycles. The van der Waals surface area contributed by atoms with Gasteiger partial charge in [0.15, 0.2) is 0 Å². The molecular formula is C27H35F3N4O5. The number of halogens is 3. The molecule has 2 aromatic rings. The molecule has 0 spiro atoms. The molecule has 12 heteroatoms. The Morgan fingerprint density at radius 3 is 2.69 bits per heavy atom. The highest BCUT2D eigenvalue weighted by atomic mass is 19.4. The number of hydrogen-bond acceptors (Lipinski definition) is 7. The number of urea groups is 1. The zero-order chi connectivity index (χ0) is 28.0. The molecule has 2 amide bonds. The zero-order valence-electron chi connectivity index (χ0n) is 22.2. The van der Waals surface area contributed by atoms with Gasteiger partial charge in [-0.05, 0) is 54.2 Å². The minimum Gasteiger partial charge on any atom is -0.475 e. The summed E-state index contributed by atoms with van der Waals surface area (Å²) in [4.78, 5) is 21.0. The highest BCUT2D eigenvalue weighted by Gasteiger charge is 2.36. The second kappa shape index (κ2) is 12.8. The third-order valence-electron chi connectivity index (χ3n) is 6.80. The van der Waals surface area contributed by atoms with Crippen LogP contribution in [0.5, 0.6) is 5.88 Å². The molecule has 39 heavy (non-hydrogen) atoms. The fourth-order valence-corrected chi connectivity index (χ4v) is 4.82. The molecule has 2 aliphatic heterocycles. The summed E-state index contributed by atoms with van der Waals surface area (Å²) in [7, 11) is 1.50. The lowest BCUT2D eigenvalue weighted by Gasteiger charge is -2.28. The summed E-state index contributed by atoms with van der Waals surface area (Å²) in [5.74, 6) is 0.458. The van der Waals surface area contributed by atoms with E-state index in [9.17, 15) is 23.1 Å². The summed E-state index contributed by atoms with van der Waals surface area (Å²) in [6.45, 7) is 4.94. The first-order valence-corrected chi connectivity index (χ1v) is 13.0. The number of morpholine rings is 1. The van der Waals surface area contributed by atoms with Crippen LogP contribution >= 0.6 is 0 Å². The number of likely N-dealkylation sites (tertiary alicyclic amines) is 1. The summed E-state index contributed by atoms with van der Waals surface area (Å²) < 4.78 is 54.5. The zero-order valence-corrected chi connectivity index (χ0v) is 22.2. The largest absolute Gasteiger partial charge is 0.475 e. The van der Waals surface area contributed by atoms with Gasteiger partial charge in [0, 0.05) is 51.5 Å². The topological polar surface area (TPSA) is 96.4 Å². The van der Waals surface area contributed by atoms with E-state index in [2.05, 4.69) is 15.2 Å². The summed E-state index contributed by atoms with van der Waals surface area (Å²) in [5, 5.41) is 12.9. The van der Waals surface area contributed by atoms with Crippen molar-refractivity contribution in [1.29, 1.82) is 0 Å². The van der Waals surface area contributed by atoms with Crippen molar-refractivity contribution in [3.8, 4) is 17.0 Å². The monoisotopic (exact) mass is 552 g/mol. The van der Waals surface area contributed by atoms with Crippen LogP contribution in [-0.2, 0) is 9.47 Å². The van der Waals surface area contributed by atoms with Crippen LogP contribution < -0.4 is 15.0 Å². The van der Waals surface area contributed by atoms with Crippen LogP contribution in [0, 0.1) is 12.8 Å². The number of ether oxygens (including phenoxy) is 3. The molecule has 2 aliphatic rings. The molecule has 1 aromatic carbocycles. The number of alkyl halides is 3. The third-order valence-corrected chi connectivity index (χ3v) is 6.80. The molecule has 214 valence electrons. The molecule has 2 saturated heterocycles. The number of carbonyl (C=O) groups is 1. The van der Waals surface area contributed by atoms with Gasteiger partial charge in [-0.25, -0.2) is 4.79 Å². The second-order valence-electron chi connectivity index (χ2n) is 9.95. The predicted molar refractivity (Wildman–Crippen MR) is 140 cm³/mol. The van der Waals surface area contributed by atoms with Crippen molar-refractivity contribution in [2.24, 2.45) is 5.92 Å². The lowest BCUT2D eigenvalue weighted by Crippen LogP contribution is -2.36. The van der Waals surface area contributed by atoms with Gasteiger partial charge >= 0.3 is 12.2 Å². The number of hydrogen-bond donors (Lipinski definition) is 2. The van der Waals surface area contributed by atoms with Crippen molar-refractivity contribution in [2.75, 3.05) is 69.9 Å². The van der Waals surface area contributed by atoms with Gasteiger partial charge in [0.25, 0.3) is 0 Å². The smallest absolute Gasteiger partial charge is 0.389 e. The van der Waals surface area contributed by atoms with Gasteiger partial charge in [-0.1, -0.05) is 6.07 Å². The Bertz CT molecular complexity index is 1130. The molecule has 2 N–H and O–H groups in total. The van der Waals surface area contributed by atoms with Gasteiger partial charge in [0.05, 0.1) is 19.8 Å². The van der Waals surface area contributed by atoms with Gasteiger partial charge in [-0.3, -0.25) is 0 Å². The number of nitrogens with one attached hydrogen (secondary N) is 1. The van der Waals surface area contributed by atoms with Crippen molar-refractivity contribution in [2.45, 2.75) is 32.0 Å². The molecular weight excluding hydrogens is 517 g/mol. The van der Waals surface area contributed by atoms with E-state index in [0.29, 0.717) is 50.1 Å². The van der Waals surface area contributed by atoms with Gasteiger partial charge in [0.2, 0.25) is 5.88 Å². The normalized spacial score (nSPS) is 18.8. The maximum atomic E-state index is 12.8. The number of nitrogens with zero attached hydrogens (tertiary/aromatic N) is 3. The molecule has 0 bridgehead atoms. The number of aromatic nitrogens is 1. The molecule has 0 radical (unpaired) electrons. The average Bonchev–Trinajstić information content (AvgIpc) is 3.36. The molecule has 9 nitrogen and oxygen atoms in total. The maximum absolute atomic E-state index is 12.8. The first-order valence-electron chi connectivity index (χ1n) is 13.0. The van der Waals surface area contributed by atoms with Gasteiger partial charge in [0.1, 0.15) is 18.5 Å². The van der Waals surface area contributed by atoms with E-state index in [1.54, 1.807) is 12.1 Å². The number of aliphatic hydroxyl groups is 1. The van der Waals surface area contributed by atoms with Crippen LogP contribution in [0.2, 0.25) is 0 Å². The lowest BCUT2D eigenvalue weighted by atomic mass is 10.0. The number of benzene rings is 1. The molecule has 0 aliphatic carbocycles. The van der Waals surface area contributed by atoms with Crippen LogP contribution in [0.15, 0.2) is 30.3 Å². The fraction of sp³-hybridized carbons (Fsp3) is 0.556. The van der Waals surface area contributed by atoms with Crippen molar-refractivity contribution in [3.05, 3.63) is 35.9 Å². The number of aliphatic hydroxyl groups excluding tert-OH is 1. The van der Waals surface area contributed by atoms with Crippen molar-refractivity contribution in [3.63, 3.8) is 0 Å². The van der Waals surface area contributed by atoms with Gasteiger partial charge < -0.3 is 34.4 Å². The molecule has 1 aromatic heterocycles. The van der Waals surface area contributed by atoms with Crippen molar-refractivity contribution < 1.29 is 37.3 Å². The summed E-state index contributed by atoms with van der Waals surface area (Å²) >= 11 is 0.